The molecule has 0 N–H and O–H groups in total. The first-order valence-electron chi connectivity index (χ1n) is 10.4. The molecule has 0 saturated carbocycles. The minimum atomic E-state index is -0.995. The van der Waals surface area contributed by atoms with E-state index in [-0.39, 0.29) is 18.5 Å². The predicted molar refractivity (Wildman–Crippen MR) is 118 cm³/mol. The Bertz CT molecular complexity index is 987. The summed E-state index contributed by atoms with van der Waals surface area (Å²) >= 11 is 1.87. The maximum absolute atomic E-state index is 13.5. The molecule has 3 amide bonds. The van der Waals surface area contributed by atoms with Crippen LogP contribution in [0.3, 0.4) is 0 Å². The molecule has 164 valence electrons. The number of nitrogens with zero attached hydrogens (tertiary/aromatic N) is 3. The van der Waals surface area contributed by atoms with Crippen molar-refractivity contribution in [2.24, 2.45) is 0 Å². The van der Waals surface area contributed by atoms with Gasteiger partial charge in [0.05, 0.1) is 0 Å². The van der Waals surface area contributed by atoms with E-state index in [4.69, 9.17) is 0 Å². The molecule has 2 aliphatic heterocycles. The first-order chi connectivity index (χ1) is 14.9. The minimum absolute atomic E-state index is 0.00128. The number of rotatable bonds is 4. The zero-order chi connectivity index (χ0) is 22.0. The second kappa shape index (κ2) is 9.26. The number of carbonyl (C=O) groups excluding carboxylic acids is 2. The number of benzene rings is 2. The van der Waals surface area contributed by atoms with E-state index in [1.807, 2.05) is 22.7 Å². The van der Waals surface area contributed by atoms with Gasteiger partial charge in [0.25, 0.3) is 0 Å². The molecule has 2 aromatic carbocycles. The van der Waals surface area contributed by atoms with Crippen molar-refractivity contribution in [1.82, 2.24) is 9.80 Å². The van der Waals surface area contributed by atoms with E-state index in [0.717, 1.165) is 24.3 Å². The molecule has 4 rings (SSSR count). The molecule has 5 nitrogen and oxygen atoms in total. The van der Waals surface area contributed by atoms with Crippen molar-refractivity contribution < 1.29 is 18.4 Å². The molecule has 8 heteroatoms. The van der Waals surface area contributed by atoms with Crippen LogP contribution in [-0.2, 0) is 4.79 Å². The Morgan fingerprint density at radius 2 is 1.87 bits per heavy atom. The standard InChI is InChI=1S/C23H25F2N3O2S/c1-16-4-2-3-5-18(16)21-8-9-26(12-13-31-21)22(29)15-27-10-11-28(23(27)30)17-6-7-19(24)20(25)14-17/h2-7,14,21H,8-13,15H2,1H3/t21-/m1/s1. The molecule has 2 fully saturated rings. The minimum Gasteiger partial charge on any atom is -0.340 e. The first-order valence-corrected chi connectivity index (χ1v) is 11.5. The Balaban J connectivity index is 1.36. The Kier molecular flexibility index (Phi) is 6.46. The Hall–Kier alpha value is -2.61. The van der Waals surface area contributed by atoms with Crippen molar-refractivity contribution in [2.45, 2.75) is 18.6 Å². The highest BCUT2D eigenvalue weighted by molar-refractivity contribution is 7.99. The van der Waals surface area contributed by atoms with Crippen LogP contribution in [0.25, 0.3) is 0 Å². The number of aryl methyl sites for hydroxylation is 1. The highest BCUT2D eigenvalue weighted by Gasteiger charge is 2.33. The number of anilines is 1. The average Bonchev–Trinajstić information content (AvgIpc) is 2.96. The Labute approximate surface area is 185 Å². The lowest BCUT2D eigenvalue weighted by Crippen LogP contribution is -2.43. The summed E-state index contributed by atoms with van der Waals surface area (Å²) in [7, 11) is 0. The number of carbonyl (C=O) groups is 2. The summed E-state index contributed by atoms with van der Waals surface area (Å²) in [6, 6.07) is 11.4. The van der Waals surface area contributed by atoms with Crippen molar-refractivity contribution in [3.8, 4) is 0 Å². The van der Waals surface area contributed by atoms with Gasteiger partial charge in [-0.05, 0) is 36.6 Å². The van der Waals surface area contributed by atoms with Crippen molar-refractivity contribution >= 4 is 29.4 Å². The number of amides is 3. The predicted octanol–water partition coefficient (Wildman–Crippen LogP) is 4.22. The summed E-state index contributed by atoms with van der Waals surface area (Å²) in [5, 5.41) is 0.358. The molecule has 0 radical (unpaired) electrons. The highest BCUT2D eigenvalue weighted by Crippen LogP contribution is 2.36. The molecule has 0 spiro atoms. The topological polar surface area (TPSA) is 43.9 Å². The Morgan fingerprint density at radius 1 is 1.06 bits per heavy atom. The van der Waals surface area contributed by atoms with Gasteiger partial charge in [-0.2, -0.15) is 11.8 Å². The van der Waals surface area contributed by atoms with Crippen molar-refractivity contribution in [2.75, 3.05) is 43.4 Å². The zero-order valence-electron chi connectivity index (χ0n) is 17.4. The first kappa shape index (κ1) is 21.6. The van der Waals surface area contributed by atoms with Crippen LogP contribution in [-0.4, -0.2) is 60.2 Å². The van der Waals surface area contributed by atoms with Gasteiger partial charge in [0.15, 0.2) is 11.6 Å². The van der Waals surface area contributed by atoms with E-state index in [9.17, 15) is 18.4 Å². The Morgan fingerprint density at radius 3 is 2.65 bits per heavy atom. The van der Waals surface area contributed by atoms with Crippen LogP contribution in [0, 0.1) is 18.6 Å². The molecule has 0 unspecified atom stereocenters. The largest absolute Gasteiger partial charge is 0.340 e. The summed E-state index contributed by atoms with van der Waals surface area (Å²) in [6.07, 6.45) is 0.871. The van der Waals surface area contributed by atoms with Gasteiger partial charge < -0.3 is 9.80 Å². The third-order valence-electron chi connectivity index (χ3n) is 5.87. The third-order valence-corrected chi connectivity index (χ3v) is 7.18. The lowest BCUT2D eigenvalue weighted by Gasteiger charge is -2.24. The van der Waals surface area contributed by atoms with Gasteiger partial charge in [-0.3, -0.25) is 9.69 Å². The lowest BCUT2D eigenvalue weighted by molar-refractivity contribution is -0.131. The molecule has 1 atom stereocenters. The second-order valence-corrected chi connectivity index (χ2v) is 9.15. The van der Waals surface area contributed by atoms with Crippen LogP contribution in [0.5, 0.6) is 0 Å². The van der Waals surface area contributed by atoms with Crippen LogP contribution < -0.4 is 4.90 Å². The summed E-state index contributed by atoms with van der Waals surface area (Å²) in [5.41, 5.74) is 2.88. The SMILES string of the molecule is Cc1ccccc1[C@H]1CCN(C(=O)CN2CCN(c3ccc(F)c(F)c3)C2=O)CCS1. The van der Waals surface area contributed by atoms with Crippen LogP contribution in [0.1, 0.15) is 22.8 Å². The highest BCUT2D eigenvalue weighted by atomic mass is 32.2. The molecule has 2 saturated heterocycles. The van der Waals surface area contributed by atoms with E-state index in [1.54, 1.807) is 0 Å². The normalized spacial score (nSPS) is 19.6. The fourth-order valence-electron chi connectivity index (χ4n) is 4.10. The van der Waals surface area contributed by atoms with Gasteiger partial charge in [-0.15, -0.1) is 0 Å². The molecular formula is C23H25F2N3O2S. The molecule has 0 bridgehead atoms. The van der Waals surface area contributed by atoms with E-state index in [0.29, 0.717) is 37.1 Å². The number of halogens is 2. The van der Waals surface area contributed by atoms with Crippen molar-refractivity contribution in [3.63, 3.8) is 0 Å². The third kappa shape index (κ3) is 4.69. The molecule has 0 aliphatic carbocycles. The fourth-order valence-corrected chi connectivity index (χ4v) is 5.43. The molecule has 2 heterocycles. The quantitative estimate of drug-likeness (QED) is 0.708. The van der Waals surface area contributed by atoms with E-state index in [1.165, 1.54) is 27.0 Å². The average molecular weight is 446 g/mol. The number of hydrogen-bond donors (Lipinski definition) is 0. The fraction of sp³-hybridized carbons (Fsp3) is 0.391. The molecule has 31 heavy (non-hydrogen) atoms. The van der Waals surface area contributed by atoms with Crippen molar-refractivity contribution in [3.05, 3.63) is 65.2 Å². The molecule has 2 aromatic rings. The molecule has 2 aliphatic rings. The van der Waals surface area contributed by atoms with E-state index < -0.39 is 11.6 Å². The van der Waals surface area contributed by atoms with E-state index in [2.05, 4.69) is 25.1 Å². The van der Waals surface area contributed by atoms with Crippen LogP contribution >= 0.6 is 11.8 Å². The smallest absolute Gasteiger partial charge is 0.325 e. The van der Waals surface area contributed by atoms with E-state index >= 15 is 0 Å². The second-order valence-electron chi connectivity index (χ2n) is 7.84. The molecule has 0 aromatic heterocycles. The van der Waals surface area contributed by atoms with Crippen LogP contribution in [0.15, 0.2) is 42.5 Å². The van der Waals surface area contributed by atoms with Crippen molar-refractivity contribution in [1.29, 1.82) is 0 Å². The summed E-state index contributed by atoms with van der Waals surface area (Å²) < 4.78 is 26.7. The number of thioether (sulfide) groups is 1. The van der Waals surface area contributed by atoms with Crippen LogP contribution in [0.2, 0.25) is 0 Å². The summed E-state index contributed by atoms with van der Waals surface area (Å²) in [6.45, 7) is 4.13. The summed E-state index contributed by atoms with van der Waals surface area (Å²) in [4.78, 5) is 30.3. The van der Waals surface area contributed by atoms with Gasteiger partial charge in [-0.1, -0.05) is 24.3 Å². The lowest BCUT2D eigenvalue weighted by atomic mass is 10.0. The number of urea groups is 1. The van der Waals surface area contributed by atoms with Gasteiger partial charge in [0, 0.05) is 48.9 Å². The van der Waals surface area contributed by atoms with Gasteiger partial charge in [0.1, 0.15) is 6.54 Å². The van der Waals surface area contributed by atoms with Gasteiger partial charge in [0.2, 0.25) is 5.91 Å². The zero-order valence-corrected chi connectivity index (χ0v) is 18.2. The molecular weight excluding hydrogens is 420 g/mol. The maximum atomic E-state index is 13.5. The van der Waals surface area contributed by atoms with Gasteiger partial charge >= 0.3 is 6.03 Å². The number of hydrogen-bond acceptors (Lipinski definition) is 3. The van der Waals surface area contributed by atoms with Crippen LogP contribution in [0.4, 0.5) is 19.3 Å². The maximum Gasteiger partial charge on any atom is 0.325 e. The summed E-state index contributed by atoms with van der Waals surface area (Å²) in [5.74, 6) is -1.18. The van der Waals surface area contributed by atoms with Gasteiger partial charge in [-0.25, -0.2) is 13.6 Å². The monoisotopic (exact) mass is 445 g/mol.